The van der Waals surface area contributed by atoms with E-state index in [0.29, 0.717) is 25.9 Å². The lowest BCUT2D eigenvalue weighted by Gasteiger charge is -2.29. The summed E-state index contributed by atoms with van der Waals surface area (Å²) in [5, 5.41) is 2.81. The minimum atomic E-state index is -0.542. The van der Waals surface area contributed by atoms with E-state index in [4.69, 9.17) is 4.74 Å². The highest BCUT2D eigenvalue weighted by Crippen LogP contribution is 2.17. The molecule has 0 unspecified atom stereocenters. The first-order valence-corrected chi connectivity index (χ1v) is 9.29. The predicted octanol–water partition coefficient (Wildman–Crippen LogP) is 3.18. The zero-order valence-electron chi connectivity index (χ0n) is 16.3. The second-order valence-electron chi connectivity index (χ2n) is 6.43. The Bertz CT molecular complexity index is 746. The van der Waals surface area contributed by atoms with E-state index in [1.54, 1.807) is 18.9 Å². The average molecular weight is 368 g/mol. The minimum absolute atomic E-state index is 0.0413. The van der Waals surface area contributed by atoms with Crippen LogP contribution in [0.4, 0.5) is 0 Å². The number of benzene rings is 2. The van der Waals surface area contributed by atoms with Gasteiger partial charge in [0.05, 0.1) is 7.11 Å². The second-order valence-corrected chi connectivity index (χ2v) is 6.43. The van der Waals surface area contributed by atoms with Crippen LogP contribution in [0.2, 0.25) is 0 Å². The molecule has 2 rings (SSSR count). The van der Waals surface area contributed by atoms with Gasteiger partial charge in [-0.15, -0.1) is 0 Å². The summed E-state index contributed by atoms with van der Waals surface area (Å²) in [6.07, 6.45) is 1.01. The van der Waals surface area contributed by atoms with Crippen molar-refractivity contribution in [2.24, 2.45) is 0 Å². The second kappa shape index (κ2) is 10.4. The Labute approximate surface area is 161 Å². The summed E-state index contributed by atoms with van der Waals surface area (Å²) in [5.74, 6) is 0.545. The first-order valence-electron chi connectivity index (χ1n) is 9.29. The molecule has 1 N–H and O–H groups in total. The van der Waals surface area contributed by atoms with E-state index >= 15 is 0 Å². The van der Waals surface area contributed by atoms with Crippen LogP contribution < -0.4 is 10.1 Å². The van der Waals surface area contributed by atoms with Crippen molar-refractivity contribution in [3.63, 3.8) is 0 Å². The predicted molar refractivity (Wildman–Crippen MR) is 106 cm³/mol. The molecule has 2 aromatic carbocycles. The maximum atomic E-state index is 12.9. The van der Waals surface area contributed by atoms with Gasteiger partial charge < -0.3 is 15.0 Å². The lowest BCUT2D eigenvalue weighted by Crippen LogP contribution is -2.47. The molecule has 0 saturated heterocycles. The van der Waals surface area contributed by atoms with Gasteiger partial charge in [0, 0.05) is 19.5 Å². The number of amides is 2. The summed E-state index contributed by atoms with van der Waals surface area (Å²) < 4.78 is 5.27. The third-order valence-corrected chi connectivity index (χ3v) is 4.48. The fraction of sp³-hybridized carbons (Fsp3) is 0.364. The van der Waals surface area contributed by atoms with Crippen molar-refractivity contribution < 1.29 is 14.3 Å². The molecule has 0 saturated carbocycles. The molecule has 5 heteroatoms. The Morgan fingerprint density at radius 1 is 1.07 bits per heavy atom. The molecule has 0 spiro atoms. The first-order chi connectivity index (χ1) is 13.0. The topological polar surface area (TPSA) is 58.6 Å². The fourth-order valence-corrected chi connectivity index (χ4v) is 2.91. The van der Waals surface area contributed by atoms with Gasteiger partial charge in [0.15, 0.2) is 0 Å². The Morgan fingerprint density at radius 2 is 1.78 bits per heavy atom. The Morgan fingerprint density at radius 3 is 2.44 bits per heavy atom. The Hall–Kier alpha value is -2.82. The summed E-state index contributed by atoms with van der Waals surface area (Å²) in [4.78, 5) is 26.9. The smallest absolute Gasteiger partial charge is 0.242 e. The number of carbonyl (C=O) groups is 2. The van der Waals surface area contributed by atoms with Crippen molar-refractivity contribution in [2.75, 3.05) is 13.7 Å². The van der Waals surface area contributed by atoms with E-state index < -0.39 is 6.04 Å². The van der Waals surface area contributed by atoms with E-state index in [1.165, 1.54) is 0 Å². The van der Waals surface area contributed by atoms with Crippen LogP contribution in [-0.2, 0) is 22.6 Å². The quantitative estimate of drug-likeness (QED) is 0.740. The van der Waals surface area contributed by atoms with Crippen molar-refractivity contribution >= 4 is 11.8 Å². The fourth-order valence-electron chi connectivity index (χ4n) is 2.91. The van der Waals surface area contributed by atoms with Crippen LogP contribution in [0.3, 0.4) is 0 Å². The summed E-state index contributed by atoms with van der Waals surface area (Å²) in [7, 11) is 1.61. The van der Waals surface area contributed by atoms with Crippen molar-refractivity contribution in [1.29, 1.82) is 0 Å². The van der Waals surface area contributed by atoms with Crippen LogP contribution in [-0.4, -0.2) is 36.4 Å². The number of hydrogen-bond donors (Lipinski definition) is 1. The molecule has 0 bridgehead atoms. The van der Waals surface area contributed by atoms with Gasteiger partial charge in [0.1, 0.15) is 11.8 Å². The van der Waals surface area contributed by atoms with Gasteiger partial charge in [0.25, 0.3) is 0 Å². The molecule has 0 radical (unpaired) electrons. The normalized spacial score (nSPS) is 11.5. The highest BCUT2D eigenvalue weighted by atomic mass is 16.5. The molecule has 2 aromatic rings. The third kappa shape index (κ3) is 6.13. The molecular formula is C22H28N2O3. The molecular weight excluding hydrogens is 340 g/mol. The minimum Gasteiger partial charge on any atom is -0.497 e. The third-order valence-electron chi connectivity index (χ3n) is 4.48. The van der Waals surface area contributed by atoms with Crippen LogP contribution in [0, 0.1) is 0 Å². The zero-order valence-corrected chi connectivity index (χ0v) is 16.3. The molecule has 144 valence electrons. The lowest BCUT2D eigenvalue weighted by atomic mass is 10.1. The average Bonchev–Trinajstić information content (AvgIpc) is 2.70. The number of carbonyl (C=O) groups excluding carboxylic acids is 2. The summed E-state index contributed by atoms with van der Waals surface area (Å²) in [6.45, 7) is 4.54. The molecule has 0 heterocycles. The number of likely N-dealkylation sites (N-methyl/N-ethyl adjacent to an activating group) is 1. The van der Waals surface area contributed by atoms with Crippen LogP contribution in [0.1, 0.15) is 31.4 Å². The maximum absolute atomic E-state index is 12.9. The number of aryl methyl sites for hydroxylation is 1. The molecule has 0 aliphatic rings. The van der Waals surface area contributed by atoms with Gasteiger partial charge in [-0.1, -0.05) is 42.5 Å². The zero-order chi connectivity index (χ0) is 19.6. The van der Waals surface area contributed by atoms with Crippen molar-refractivity contribution in [2.45, 2.75) is 39.3 Å². The molecule has 0 fully saturated rings. The number of nitrogens with one attached hydrogen (secondary N) is 1. The van der Waals surface area contributed by atoms with Gasteiger partial charge in [-0.2, -0.15) is 0 Å². The van der Waals surface area contributed by atoms with Gasteiger partial charge in [-0.05, 0) is 43.5 Å². The van der Waals surface area contributed by atoms with Gasteiger partial charge in [-0.3, -0.25) is 9.59 Å². The van der Waals surface area contributed by atoms with Crippen LogP contribution in [0.5, 0.6) is 5.75 Å². The number of methoxy groups -OCH3 is 1. The summed E-state index contributed by atoms with van der Waals surface area (Å²) in [5.41, 5.74) is 2.04. The molecule has 0 aliphatic heterocycles. The number of rotatable bonds is 9. The van der Waals surface area contributed by atoms with Crippen molar-refractivity contribution in [3.05, 3.63) is 65.7 Å². The highest BCUT2D eigenvalue weighted by molar-refractivity contribution is 5.87. The number of ether oxygens (including phenoxy) is 1. The van der Waals surface area contributed by atoms with E-state index in [-0.39, 0.29) is 11.8 Å². The first kappa shape index (κ1) is 20.5. The van der Waals surface area contributed by atoms with Crippen LogP contribution in [0.15, 0.2) is 54.6 Å². The molecule has 27 heavy (non-hydrogen) atoms. The van der Waals surface area contributed by atoms with E-state index in [2.05, 4.69) is 5.32 Å². The standard InChI is InChI=1S/C22H28N2O3/c1-4-23-22(26)17(2)24(16-19-11-8-12-20(15-19)27-3)21(25)14-13-18-9-6-5-7-10-18/h5-12,15,17H,4,13-14,16H2,1-3H3,(H,23,26)/t17-/m1/s1. The van der Waals surface area contributed by atoms with E-state index in [9.17, 15) is 9.59 Å². The largest absolute Gasteiger partial charge is 0.497 e. The van der Waals surface area contributed by atoms with Gasteiger partial charge >= 0.3 is 0 Å². The van der Waals surface area contributed by atoms with E-state index in [1.807, 2.05) is 61.5 Å². The molecule has 2 amide bonds. The van der Waals surface area contributed by atoms with Crippen LogP contribution in [0.25, 0.3) is 0 Å². The molecule has 1 atom stereocenters. The summed E-state index contributed by atoms with van der Waals surface area (Å²) >= 11 is 0. The van der Waals surface area contributed by atoms with Crippen molar-refractivity contribution in [3.8, 4) is 5.75 Å². The highest BCUT2D eigenvalue weighted by Gasteiger charge is 2.25. The number of hydrogen-bond acceptors (Lipinski definition) is 3. The Kier molecular flexibility index (Phi) is 7.86. The number of nitrogens with zero attached hydrogens (tertiary/aromatic N) is 1. The SMILES string of the molecule is CCNC(=O)[C@@H](C)N(Cc1cccc(OC)c1)C(=O)CCc1ccccc1. The molecule has 0 aliphatic carbocycles. The van der Waals surface area contributed by atoms with Gasteiger partial charge in [0.2, 0.25) is 11.8 Å². The van der Waals surface area contributed by atoms with Crippen LogP contribution >= 0.6 is 0 Å². The maximum Gasteiger partial charge on any atom is 0.242 e. The Balaban J connectivity index is 2.14. The van der Waals surface area contributed by atoms with Crippen molar-refractivity contribution in [1.82, 2.24) is 10.2 Å². The lowest BCUT2D eigenvalue weighted by molar-refractivity contribution is -0.140. The molecule has 0 aromatic heterocycles. The summed E-state index contributed by atoms with van der Waals surface area (Å²) in [6, 6.07) is 16.9. The monoisotopic (exact) mass is 368 g/mol. The van der Waals surface area contributed by atoms with E-state index in [0.717, 1.165) is 16.9 Å². The van der Waals surface area contributed by atoms with Gasteiger partial charge in [-0.25, -0.2) is 0 Å². The molecule has 5 nitrogen and oxygen atoms in total.